The van der Waals surface area contributed by atoms with Crippen LogP contribution in [0.5, 0.6) is 0 Å². The van der Waals surface area contributed by atoms with Gasteiger partial charge in [-0.25, -0.2) is 4.98 Å². The van der Waals surface area contributed by atoms with Crippen LogP contribution in [0.1, 0.15) is 5.56 Å². The predicted octanol–water partition coefficient (Wildman–Crippen LogP) is 2.96. The minimum Gasteiger partial charge on any atom is -0.365 e. The van der Waals surface area contributed by atoms with E-state index >= 15 is 0 Å². The van der Waals surface area contributed by atoms with Crippen molar-refractivity contribution >= 4 is 28.3 Å². The van der Waals surface area contributed by atoms with Gasteiger partial charge in [0.15, 0.2) is 0 Å². The van der Waals surface area contributed by atoms with Crippen LogP contribution < -0.4 is 10.2 Å². The van der Waals surface area contributed by atoms with E-state index in [1.807, 2.05) is 73.0 Å². The monoisotopic (exact) mass is 308 g/mol. The van der Waals surface area contributed by atoms with E-state index < -0.39 is 0 Å². The Hall–Kier alpha value is -2.82. The molecule has 1 amide bonds. The Morgan fingerprint density at radius 1 is 1.26 bits per heavy atom. The number of rotatable bonds is 4. The zero-order chi connectivity index (χ0) is 16.4. The number of amides is 1. The zero-order valence-corrected chi connectivity index (χ0v) is 13.6. The van der Waals surface area contributed by atoms with Gasteiger partial charge in [-0.3, -0.25) is 4.79 Å². The number of para-hydroxylation sites is 1. The summed E-state index contributed by atoms with van der Waals surface area (Å²) in [4.78, 5) is 18.5. The molecule has 0 radical (unpaired) electrons. The molecule has 0 saturated heterocycles. The fraction of sp³-hybridized carbons (Fsp3) is 0.222. The second-order valence-electron chi connectivity index (χ2n) is 5.75. The molecule has 1 N–H and O–H groups in total. The lowest BCUT2D eigenvalue weighted by molar-refractivity contribution is -0.114. The summed E-state index contributed by atoms with van der Waals surface area (Å²) in [5.74, 6) is -0.0442. The molecule has 0 bridgehead atoms. The summed E-state index contributed by atoms with van der Waals surface area (Å²) < 4.78 is 1.93. The van der Waals surface area contributed by atoms with Gasteiger partial charge in [-0.15, -0.1) is 0 Å². The summed E-state index contributed by atoms with van der Waals surface area (Å²) in [6.45, 7) is 2.34. The Bertz CT molecular complexity index is 853. The van der Waals surface area contributed by atoms with Crippen molar-refractivity contribution in [1.29, 1.82) is 0 Å². The van der Waals surface area contributed by atoms with E-state index in [-0.39, 0.29) is 5.91 Å². The number of aromatic nitrogens is 2. The Balaban J connectivity index is 1.71. The topological polar surface area (TPSA) is 50.2 Å². The molecule has 0 unspecified atom stereocenters. The van der Waals surface area contributed by atoms with Crippen LogP contribution in [0.2, 0.25) is 0 Å². The smallest absolute Gasteiger partial charge is 0.243 e. The van der Waals surface area contributed by atoms with Gasteiger partial charge in [0.2, 0.25) is 5.91 Å². The summed E-state index contributed by atoms with van der Waals surface area (Å²) in [5, 5.41) is 2.95. The normalized spacial score (nSPS) is 10.7. The number of hydrogen-bond donors (Lipinski definition) is 1. The number of carbonyl (C=O) groups is 1. The summed E-state index contributed by atoms with van der Waals surface area (Å²) in [5.41, 5.74) is 4.91. The van der Waals surface area contributed by atoms with Crippen LogP contribution in [0.3, 0.4) is 0 Å². The number of aryl methyl sites for hydroxylation is 2. The molecular formula is C18H20N4O. The molecule has 118 valence electrons. The highest BCUT2D eigenvalue weighted by molar-refractivity contribution is 5.95. The van der Waals surface area contributed by atoms with Crippen molar-refractivity contribution in [2.45, 2.75) is 6.92 Å². The lowest BCUT2D eigenvalue weighted by Gasteiger charge is -2.20. The molecule has 0 aliphatic heterocycles. The van der Waals surface area contributed by atoms with Gasteiger partial charge >= 0.3 is 0 Å². The van der Waals surface area contributed by atoms with Crippen LogP contribution in [0.15, 0.2) is 48.8 Å². The fourth-order valence-electron chi connectivity index (χ4n) is 2.70. The zero-order valence-electron chi connectivity index (χ0n) is 13.6. The van der Waals surface area contributed by atoms with Crippen LogP contribution >= 0.6 is 0 Å². The summed E-state index contributed by atoms with van der Waals surface area (Å²) >= 11 is 0. The fourth-order valence-corrected chi connectivity index (χ4v) is 2.70. The average molecular weight is 308 g/mol. The van der Waals surface area contributed by atoms with Crippen molar-refractivity contribution in [3.8, 4) is 0 Å². The van der Waals surface area contributed by atoms with Crippen molar-refractivity contribution in [2.75, 3.05) is 23.8 Å². The molecule has 0 spiro atoms. The number of nitrogens with one attached hydrogen (secondary N) is 1. The third kappa shape index (κ3) is 3.18. The van der Waals surface area contributed by atoms with Crippen molar-refractivity contribution in [3.05, 3.63) is 54.4 Å². The number of benzene rings is 2. The summed E-state index contributed by atoms with van der Waals surface area (Å²) in [6, 6.07) is 13.8. The maximum absolute atomic E-state index is 12.3. The molecule has 3 rings (SSSR count). The van der Waals surface area contributed by atoms with E-state index in [0.29, 0.717) is 6.54 Å². The van der Waals surface area contributed by atoms with E-state index in [2.05, 4.69) is 10.3 Å². The predicted molar refractivity (Wildman–Crippen MR) is 93.8 cm³/mol. The van der Waals surface area contributed by atoms with E-state index in [4.69, 9.17) is 0 Å². The minimum atomic E-state index is -0.0442. The maximum atomic E-state index is 12.3. The molecule has 0 aliphatic rings. The lowest BCUT2D eigenvalue weighted by Crippen LogP contribution is -2.30. The number of fused-ring (bicyclic) bond motifs is 1. The first-order valence-corrected chi connectivity index (χ1v) is 7.52. The number of carbonyl (C=O) groups excluding carboxylic acids is 1. The molecular weight excluding hydrogens is 288 g/mol. The van der Waals surface area contributed by atoms with Gasteiger partial charge in [0.1, 0.15) is 0 Å². The highest BCUT2D eigenvalue weighted by Gasteiger charge is 2.10. The molecule has 5 nitrogen and oxygen atoms in total. The van der Waals surface area contributed by atoms with E-state index in [1.54, 1.807) is 6.33 Å². The van der Waals surface area contributed by atoms with Gasteiger partial charge in [0.25, 0.3) is 0 Å². The van der Waals surface area contributed by atoms with Crippen molar-refractivity contribution in [2.24, 2.45) is 7.05 Å². The van der Waals surface area contributed by atoms with Crippen LogP contribution in [-0.2, 0) is 11.8 Å². The Kier molecular flexibility index (Phi) is 4.02. The van der Waals surface area contributed by atoms with Gasteiger partial charge in [0.05, 0.1) is 23.9 Å². The number of likely N-dealkylation sites (N-methyl/N-ethyl adjacent to an activating group) is 1. The van der Waals surface area contributed by atoms with E-state index in [0.717, 1.165) is 28.0 Å². The Morgan fingerprint density at radius 3 is 2.83 bits per heavy atom. The molecule has 0 fully saturated rings. The van der Waals surface area contributed by atoms with E-state index in [9.17, 15) is 4.79 Å². The third-order valence-corrected chi connectivity index (χ3v) is 3.92. The Labute approximate surface area is 135 Å². The minimum absolute atomic E-state index is 0.0442. The van der Waals surface area contributed by atoms with Crippen LogP contribution in [0, 0.1) is 6.92 Å². The third-order valence-electron chi connectivity index (χ3n) is 3.92. The summed E-state index contributed by atoms with van der Waals surface area (Å²) in [7, 11) is 3.86. The highest BCUT2D eigenvalue weighted by atomic mass is 16.2. The molecule has 2 aromatic carbocycles. The second kappa shape index (κ2) is 6.12. The molecule has 1 aromatic heterocycles. The molecule has 3 aromatic rings. The van der Waals surface area contributed by atoms with Crippen LogP contribution in [0.25, 0.3) is 11.0 Å². The number of nitrogens with zero attached hydrogens (tertiary/aromatic N) is 3. The second-order valence-corrected chi connectivity index (χ2v) is 5.75. The average Bonchev–Trinajstić information content (AvgIpc) is 2.88. The molecule has 0 saturated carbocycles. The number of hydrogen-bond acceptors (Lipinski definition) is 3. The van der Waals surface area contributed by atoms with Gasteiger partial charge in [-0.1, -0.05) is 18.2 Å². The molecule has 1 heterocycles. The van der Waals surface area contributed by atoms with Crippen molar-refractivity contribution < 1.29 is 4.79 Å². The molecule has 23 heavy (non-hydrogen) atoms. The number of anilines is 2. The molecule has 0 aliphatic carbocycles. The first kappa shape index (κ1) is 15.1. The quantitative estimate of drug-likeness (QED) is 0.806. The van der Waals surface area contributed by atoms with Gasteiger partial charge in [-0.2, -0.15) is 0 Å². The largest absolute Gasteiger partial charge is 0.365 e. The molecule has 0 atom stereocenters. The van der Waals surface area contributed by atoms with E-state index in [1.165, 1.54) is 0 Å². The number of imidazole rings is 1. The highest BCUT2D eigenvalue weighted by Crippen LogP contribution is 2.19. The maximum Gasteiger partial charge on any atom is 0.243 e. The Morgan fingerprint density at radius 2 is 2.04 bits per heavy atom. The molecule has 5 heteroatoms. The van der Waals surface area contributed by atoms with Crippen LogP contribution in [0.4, 0.5) is 11.4 Å². The standard InChI is InChI=1S/C18H20N4O/c1-13-6-4-5-7-16(13)21(2)11-18(23)20-14-8-9-15-17(10-14)22(3)12-19-15/h4-10,12H,11H2,1-3H3,(H,20,23). The van der Waals surface area contributed by atoms with Gasteiger partial charge in [-0.05, 0) is 36.8 Å². The van der Waals surface area contributed by atoms with Crippen LogP contribution in [-0.4, -0.2) is 29.1 Å². The summed E-state index contributed by atoms with van der Waals surface area (Å²) in [6.07, 6.45) is 1.77. The van der Waals surface area contributed by atoms with Crippen molar-refractivity contribution in [1.82, 2.24) is 9.55 Å². The first-order valence-electron chi connectivity index (χ1n) is 7.52. The van der Waals surface area contributed by atoms with Gasteiger partial charge in [0, 0.05) is 25.5 Å². The first-order chi connectivity index (χ1) is 11.0. The lowest BCUT2D eigenvalue weighted by atomic mass is 10.2. The van der Waals surface area contributed by atoms with Gasteiger partial charge < -0.3 is 14.8 Å². The van der Waals surface area contributed by atoms with Crippen molar-refractivity contribution in [3.63, 3.8) is 0 Å². The SMILES string of the molecule is Cc1ccccc1N(C)CC(=O)Nc1ccc2ncn(C)c2c1.